The molecular weight excluding hydrogens is 324 g/mol. The van der Waals surface area contributed by atoms with Crippen LogP contribution >= 0.6 is 0 Å². The van der Waals surface area contributed by atoms with Gasteiger partial charge in [-0.2, -0.15) is 0 Å². The molecule has 1 aliphatic carbocycles. The molecule has 1 atom stereocenters. The smallest absolute Gasteiger partial charge is 0.225 e. The second-order valence-corrected chi connectivity index (χ2v) is 8.43. The van der Waals surface area contributed by atoms with Crippen molar-refractivity contribution in [2.45, 2.75) is 44.9 Å². The third-order valence-corrected chi connectivity index (χ3v) is 6.45. The quantitative estimate of drug-likeness (QED) is 0.835. The maximum atomic E-state index is 12.7. The second-order valence-electron chi connectivity index (χ2n) is 8.43. The lowest BCUT2D eigenvalue weighted by Crippen LogP contribution is -2.44. The number of amides is 1. The van der Waals surface area contributed by atoms with E-state index in [1.165, 1.54) is 24.2 Å². The zero-order chi connectivity index (χ0) is 18.1. The molecule has 1 aromatic rings. The van der Waals surface area contributed by atoms with Gasteiger partial charge in [0.05, 0.1) is 0 Å². The Morgan fingerprint density at radius 2 is 1.77 bits per heavy atom. The summed E-state index contributed by atoms with van der Waals surface area (Å²) < 4.78 is 0. The highest BCUT2D eigenvalue weighted by Crippen LogP contribution is 2.33. The summed E-state index contributed by atoms with van der Waals surface area (Å²) >= 11 is 0. The minimum absolute atomic E-state index is 0.292. The van der Waals surface area contributed by atoms with Gasteiger partial charge in [0.25, 0.3) is 0 Å². The van der Waals surface area contributed by atoms with Crippen LogP contribution < -0.4 is 4.90 Å². The van der Waals surface area contributed by atoms with Crippen molar-refractivity contribution in [2.75, 3.05) is 51.2 Å². The topological polar surface area (TPSA) is 39.7 Å². The number of likely N-dealkylation sites (tertiary alicyclic amines) is 1. The predicted molar refractivity (Wildman–Crippen MR) is 105 cm³/mol. The van der Waals surface area contributed by atoms with E-state index >= 15 is 0 Å². The van der Waals surface area contributed by atoms with Crippen molar-refractivity contribution in [1.82, 2.24) is 14.8 Å². The fraction of sp³-hybridized carbons (Fsp3) is 0.714. The fourth-order valence-corrected chi connectivity index (χ4v) is 4.76. The van der Waals surface area contributed by atoms with E-state index in [1.807, 2.05) is 0 Å². The van der Waals surface area contributed by atoms with Crippen LogP contribution in [-0.4, -0.2) is 67.0 Å². The highest BCUT2D eigenvalue weighted by Gasteiger charge is 2.33. The van der Waals surface area contributed by atoms with E-state index in [0.29, 0.717) is 17.7 Å². The molecule has 26 heavy (non-hydrogen) atoms. The number of rotatable bonds is 3. The molecule has 2 saturated heterocycles. The highest BCUT2D eigenvalue weighted by molar-refractivity contribution is 5.79. The molecule has 1 unspecified atom stereocenters. The van der Waals surface area contributed by atoms with Gasteiger partial charge < -0.3 is 14.7 Å². The molecule has 0 bridgehead atoms. The number of carbonyl (C=O) groups is 1. The van der Waals surface area contributed by atoms with Crippen molar-refractivity contribution < 1.29 is 4.79 Å². The van der Waals surface area contributed by atoms with Crippen molar-refractivity contribution in [2.24, 2.45) is 5.92 Å². The third kappa shape index (κ3) is 3.73. The summed E-state index contributed by atoms with van der Waals surface area (Å²) in [7, 11) is 2.19. The predicted octanol–water partition coefficient (Wildman–Crippen LogP) is 2.65. The molecule has 0 aromatic carbocycles. The Bertz CT molecular complexity index is 647. The van der Waals surface area contributed by atoms with Crippen LogP contribution in [0, 0.1) is 12.8 Å². The molecule has 1 saturated carbocycles. The fourth-order valence-electron chi connectivity index (χ4n) is 4.76. The van der Waals surface area contributed by atoms with E-state index in [0.717, 1.165) is 64.2 Å². The first-order chi connectivity index (χ1) is 12.6. The summed E-state index contributed by atoms with van der Waals surface area (Å²) in [4.78, 5) is 24.5. The minimum Gasteiger partial charge on any atom is -0.369 e. The molecule has 3 fully saturated rings. The molecule has 0 radical (unpaired) electrons. The first-order valence-electron chi connectivity index (χ1n) is 10.3. The molecule has 5 heteroatoms. The molecule has 0 spiro atoms. The minimum atomic E-state index is 0.292. The van der Waals surface area contributed by atoms with Gasteiger partial charge in [0.2, 0.25) is 5.91 Å². The standard InChI is InChI=1S/C21H32N4O/c1-16-13-19(24-11-9-23(2)10-12-24)14-20(22-16)18-7-8-25(15-18)21(26)17-5-3-4-6-17/h13-14,17-18H,3-12,15H2,1-2H3. The average molecular weight is 357 g/mol. The van der Waals surface area contributed by atoms with Crippen LogP contribution in [0.5, 0.6) is 0 Å². The van der Waals surface area contributed by atoms with Crippen LogP contribution in [0.1, 0.15) is 49.4 Å². The Morgan fingerprint density at radius 3 is 2.50 bits per heavy atom. The van der Waals surface area contributed by atoms with Gasteiger partial charge in [-0.05, 0) is 45.4 Å². The van der Waals surface area contributed by atoms with Crippen LogP contribution in [0.15, 0.2) is 12.1 Å². The Kier molecular flexibility index (Phi) is 5.16. The van der Waals surface area contributed by atoms with Crippen LogP contribution in [0.4, 0.5) is 5.69 Å². The van der Waals surface area contributed by atoms with Gasteiger partial charge >= 0.3 is 0 Å². The Hall–Kier alpha value is -1.62. The summed E-state index contributed by atoms with van der Waals surface area (Å²) in [5, 5.41) is 0. The lowest BCUT2D eigenvalue weighted by molar-refractivity contribution is -0.134. The maximum absolute atomic E-state index is 12.7. The Labute approximate surface area is 157 Å². The second kappa shape index (κ2) is 7.55. The molecule has 3 heterocycles. The van der Waals surface area contributed by atoms with Gasteiger partial charge in [0.15, 0.2) is 0 Å². The van der Waals surface area contributed by atoms with Crippen molar-refractivity contribution in [3.63, 3.8) is 0 Å². The molecular formula is C21H32N4O. The number of anilines is 1. The zero-order valence-electron chi connectivity index (χ0n) is 16.3. The van der Waals surface area contributed by atoms with E-state index in [9.17, 15) is 4.79 Å². The Morgan fingerprint density at radius 1 is 1.04 bits per heavy atom. The highest BCUT2D eigenvalue weighted by atomic mass is 16.2. The molecule has 1 aromatic heterocycles. The van der Waals surface area contributed by atoms with Crippen molar-refractivity contribution in [3.05, 3.63) is 23.5 Å². The van der Waals surface area contributed by atoms with Crippen LogP contribution in [0.3, 0.4) is 0 Å². The number of likely N-dealkylation sites (N-methyl/N-ethyl adjacent to an activating group) is 1. The summed E-state index contributed by atoms with van der Waals surface area (Å²) in [6, 6.07) is 4.50. The first kappa shape index (κ1) is 17.8. The van der Waals surface area contributed by atoms with Crippen LogP contribution in [0.2, 0.25) is 0 Å². The SMILES string of the molecule is Cc1cc(N2CCN(C)CC2)cc(C2CCN(C(=O)C3CCCC3)C2)n1. The molecule has 4 rings (SSSR count). The third-order valence-electron chi connectivity index (χ3n) is 6.45. The molecule has 2 aliphatic heterocycles. The maximum Gasteiger partial charge on any atom is 0.225 e. The summed E-state index contributed by atoms with van der Waals surface area (Å²) in [6.07, 6.45) is 5.69. The van der Waals surface area contributed by atoms with E-state index in [-0.39, 0.29) is 0 Å². The number of hydrogen-bond donors (Lipinski definition) is 0. The number of aromatic nitrogens is 1. The summed E-state index contributed by atoms with van der Waals surface area (Å²) in [5.74, 6) is 1.09. The summed E-state index contributed by atoms with van der Waals surface area (Å²) in [5.41, 5.74) is 3.58. The van der Waals surface area contributed by atoms with E-state index in [4.69, 9.17) is 4.98 Å². The van der Waals surface area contributed by atoms with Crippen molar-refractivity contribution >= 4 is 11.6 Å². The van der Waals surface area contributed by atoms with Crippen molar-refractivity contribution in [1.29, 1.82) is 0 Å². The number of nitrogens with zero attached hydrogens (tertiary/aromatic N) is 4. The van der Waals surface area contributed by atoms with E-state index in [2.05, 4.69) is 40.8 Å². The van der Waals surface area contributed by atoms with Crippen molar-refractivity contribution in [3.8, 4) is 0 Å². The largest absolute Gasteiger partial charge is 0.369 e. The molecule has 0 N–H and O–H groups in total. The number of pyridine rings is 1. The number of carbonyl (C=O) groups excluding carboxylic acids is 1. The number of piperazine rings is 1. The molecule has 1 amide bonds. The van der Waals surface area contributed by atoms with Gasteiger partial charge in [-0.15, -0.1) is 0 Å². The number of hydrogen-bond acceptors (Lipinski definition) is 4. The number of aryl methyl sites for hydroxylation is 1. The lowest BCUT2D eigenvalue weighted by Gasteiger charge is -2.34. The molecule has 142 valence electrons. The van der Waals surface area contributed by atoms with Gasteiger partial charge in [-0.1, -0.05) is 12.8 Å². The van der Waals surface area contributed by atoms with Crippen LogP contribution in [0.25, 0.3) is 0 Å². The molecule has 5 nitrogen and oxygen atoms in total. The van der Waals surface area contributed by atoms with Gasteiger partial charge in [-0.25, -0.2) is 0 Å². The van der Waals surface area contributed by atoms with Gasteiger partial charge in [-0.3, -0.25) is 9.78 Å². The van der Waals surface area contributed by atoms with E-state index in [1.54, 1.807) is 0 Å². The zero-order valence-corrected chi connectivity index (χ0v) is 16.3. The monoisotopic (exact) mass is 356 g/mol. The van der Waals surface area contributed by atoms with Crippen LogP contribution in [-0.2, 0) is 4.79 Å². The van der Waals surface area contributed by atoms with Gasteiger partial charge in [0.1, 0.15) is 0 Å². The molecule has 3 aliphatic rings. The summed E-state index contributed by atoms with van der Waals surface area (Å²) in [6.45, 7) is 8.24. The average Bonchev–Trinajstić information content (AvgIpc) is 3.33. The van der Waals surface area contributed by atoms with Gasteiger partial charge in [0, 0.05) is 68.2 Å². The normalized spacial score (nSPS) is 25.2. The lowest BCUT2D eigenvalue weighted by atomic mass is 10.0. The Balaban J connectivity index is 1.45. The van der Waals surface area contributed by atoms with E-state index < -0.39 is 0 Å². The first-order valence-corrected chi connectivity index (χ1v) is 10.3.